The molecular weight excluding hydrogens is 449 g/mol. The van der Waals surface area contributed by atoms with Gasteiger partial charge in [-0.2, -0.15) is 22.0 Å². The zero-order valence-electron chi connectivity index (χ0n) is 18.3. The molecule has 0 heterocycles. The summed E-state index contributed by atoms with van der Waals surface area (Å²) in [5.41, 5.74) is -1.77. The second-order valence-electron chi connectivity index (χ2n) is 8.71. The van der Waals surface area contributed by atoms with E-state index in [9.17, 15) is 30.7 Å². The third-order valence-corrected chi connectivity index (χ3v) is 6.33. The van der Waals surface area contributed by atoms with Crippen LogP contribution in [0.2, 0.25) is 0 Å². The average Bonchev–Trinajstić information content (AvgIpc) is 2.73. The van der Waals surface area contributed by atoms with Crippen LogP contribution in [0.4, 0.5) is 30.7 Å². The summed E-state index contributed by atoms with van der Waals surface area (Å²) < 4.78 is 98.7. The molecule has 1 fully saturated rings. The fraction of sp³-hybridized carbons (Fsp3) is 0.520. The Hall–Kier alpha value is -2.25. The topological polar surface area (TPSA) is 9.23 Å². The average molecular weight is 476 g/mol. The number of benzene rings is 2. The third-order valence-electron chi connectivity index (χ3n) is 6.33. The molecule has 0 radical (unpaired) electrons. The zero-order valence-corrected chi connectivity index (χ0v) is 18.3. The number of alkyl halides is 5. The van der Waals surface area contributed by atoms with Gasteiger partial charge in [0.05, 0.1) is 5.56 Å². The van der Waals surface area contributed by atoms with Crippen LogP contribution < -0.4 is 4.74 Å². The lowest BCUT2D eigenvalue weighted by molar-refractivity contribution is -0.185. The molecule has 0 aliphatic heterocycles. The number of rotatable bonds is 8. The standard InChI is InChI=1S/C25H27F7O/c1-2-3-4-5-16-6-8-17(9-7-16)18-10-12-19(13-11-18)25(31,32)33-20-14-21(26)23(22(27)15-20)24(28,29)30/h10-17H,2-9H2,1H3. The highest BCUT2D eigenvalue weighted by Crippen LogP contribution is 2.40. The lowest BCUT2D eigenvalue weighted by Gasteiger charge is -2.29. The molecule has 1 aliphatic carbocycles. The molecule has 3 rings (SSSR count). The molecule has 33 heavy (non-hydrogen) atoms. The molecule has 1 nitrogen and oxygen atoms in total. The zero-order chi connectivity index (χ0) is 24.2. The molecule has 0 atom stereocenters. The summed E-state index contributed by atoms with van der Waals surface area (Å²) in [6.07, 6.45) is -0.159. The highest BCUT2D eigenvalue weighted by Gasteiger charge is 2.40. The van der Waals surface area contributed by atoms with E-state index < -0.39 is 40.8 Å². The molecule has 1 saturated carbocycles. The molecule has 0 spiro atoms. The number of hydrogen-bond donors (Lipinski definition) is 0. The highest BCUT2D eigenvalue weighted by atomic mass is 19.4. The summed E-state index contributed by atoms with van der Waals surface area (Å²) >= 11 is 0. The smallest absolute Gasteiger partial charge is 0.426 e. The Bertz CT molecular complexity index is 890. The Labute approximate surface area is 188 Å². The monoisotopic (exact) mass is 476 g/mol. The SMILES string of the molecule is CCCCCC1CCC(c2ccc(C(F)(F)Oc3cc(F)c(C(F)(F)F)c(F)c3)cc2)CC1. The number of halogens is 7. The van der Waals surface area contributed by atoms with Crippen LogP contribution in [0.5, 0.6) is 5.75 Å². The first kappa shape index (κ1) is 25.4. The van der Waals surface area contributed by atoms with Crippen molar-refractivity contribution < 1.29 is 35.5 Å². The van der Waals surface area contributed by atoms with Crippen LogP contribution in [0.15, 0.2) is 36.4 Å². The minimum Gasteiger partial charge on any atom is -0.429 e. The minimum atomic E-state index is -5.29. The number of ether oxygens (including phenoxy) is 1. The lowest BCUT2D eigenvalue weighted by Crippen LogP contribution is -2.22. The van der Waals surface area contributed by atoms with Gasteiger partial charge in [0.15, 0.2) is 0 Å². The predicted octanol–water partition coefficient (Wildman–Crippen LogP) is 8.97. The fourth-order valence-electron chi connectivity index (χ4n) is 4.50. The number of hydrogen-bond acceptors (Lipinski definition) is 1. The molecule has 182 valence electrons. The van der Waals surface area contributed by atoms with Crippen molar-refractivity contribution in [2.75, 3.05) is 0 Å². The summed E-state index contributed by atoms with van der Waals surface area (Å²) in [7, 11) is 0. The molecule has 2 aromatic rings. The summed E-state index contributed by atoms with van der Waals surface area (Å²) in [5.74, 6) is -4.07. The van der Waals surface area contributed by atoms with Crippen molar-refractivity contribution >= 4 is 0 Å². The first-order valence-electron chi connectivity index (χ1n) is 11.2. The lowest BCUT2D eigenvalue weighted by atomic mass is 9.77. The van der Waals surface area contributed by atoms with Gasteiger partial charge >= 0.3 is 12.3 Å². The van der Waals surface area contributed by atoms with Gasteiger partial charge < -0.3 is 4.74 Å². The largest absolute Gasteiger partial charge is 0.429 e. The van der Waals surface area contributed by atoms with Gasteiger partial charge in [-0.15, -0.1) is 0 Å². The highest BCUT2D eigenvalue weighted by molar-refractivity contribution is 5.34. The minimum absolute atomic E-state index is 0.104. The van der Waals surface area contributed by atoms with Gasteiger partial charge in [-0.1, -0.05) is 44.7 Å². The third kappa shape index (κ3) is 6.42. The first-order chi connectivity index (χ1) is 15.5. The number of unbranched alkanes of at least 4 members (excludes halogenated alkanes) is 2. The van der Waals surface area contributed by atoms with Gasteiger partial charge in [-0.05, 0) is 55.2 Å². The predicted molar refractivity (Wildman–Crippen MR) is 111 cm³/mol. The van der Waals surface area contributed by atoms with Crippen molar-refractivity contribution in [3.8, 4) is 5.75 Å². The van der Waals surface area contributed by atoms with Crippen LogP contribution in [0.3, 0.4) is 0 Å². The molecular formula is C25H27F7O. The second kappa shape index (κ2) is 10.3. The summed E-state index contributed by atoms with van der Waals surface area (Å²) in [6, 6.07) is 5.74. The van der Waals surface area contributed by atoms with E-state index in [2.05, 4.69) is 11.7 Å². The van der Waals surface area contributed by atoms with Gasteiger partial charge in [0.2, 0.25) is 0 Å². The van der Waals surface area contributed by atoms with E-state index in [0.717, 1.165) is 31.2 Å². The Balaban J connectivity index is 1.65. The van der Waals surface area contributed by atoms with Crippen molar-refractivity contribution in [2.24, 2.45) is 5.92 Å². The maximum absolute atomic E-state index is 14.5. The van der Waals surface area contributed by atoms with Gasteiger partial charge in [-0.25, -0.2) is 8.78 Å². The fourth-order valence-corrected chi connectivity index (χ4v) is 4.50. The molecule has 0 amide bonds. The van der Waals surface area contributed by atoms with Crippen molar-refractivity contribution in [3.63, 3.8) is 0 Å². The van der Waals surface area contributed by atoms with Crippen LogP contribution in [0.25, 0.3) is 0 Å². The Morgan fingerprint density at radius 2 is 1.42 bits per heavy atom. The Kier molecular flexibility index (Phi) is 7.96. The van der Waals surface area contributed by atoms with Gasteiger partial charge in [0.1, 0.15) is 22.9 Å². The Morgan fingerprint density at radius 1 is 0.848 bits per heavy atom. The van der Waals surface area contributed by atoms with Crippen LogP contribution in [0, 0.1) is 17.6 Å². The maximum Gasteiger partial charge on any atom is 0.426 e. The molecule has 0 aromatic heterocycles. The molecule has 0 saturated heterocycles. The molecule has 8 heteroatoms. The summed E-state index contributed by atoms with van der Waals surface area (Å²) in [6.45, 7) is 2.18. The van der Waals surface area contributed by atoms with E-state index in [-0.39, 0.29) is 18.1 Å². The van der Waals surface area contributed by atoms with Gasteiger partial charge in [0, 0.05) is 12.1 Å². The van der Waals surface area contributed by atoms with E-state index in [1.807, 2.05) is 0 Å². The van der Waals surface area contributed by atoms with Crippen LogP contribution in [0.1, 0.15) is 80.9 Å². The molecule has 0 bridgehead atoms. The molecule has 1 aliphatic rings. The van der Waals surface area contributed by atoms with E-state index >= 15 is 0 Å². The first-order valence-corrected chi connectivity index (χ1v) is 11.2. The van der Waals surface area contributed by atoms with E-state index in [1.165, 1.54) is 37.8 Å². The van der Waals surface area contributed by atoms with Gasteiger partial charge in [-0.3, -0.25) is 0 Å². The van der Waals surface area contributed by atoms with E-state index in [1.54, 1.807) is 12.1 Å². The van der Waals surface area contributed by atoms with Crippen molar-refractivity contribution in [1.82, 2.24) is 0 Å². The molecule has 0 unspecified atom stereocenters. The van der Waals surface area contributed by atoms with Crippen LogP contribution >= 0.6 is 0 Å². The normalized spacial score (nSPS) is 19.5. The summed E-state index contributed by atoms with van der Waals surface area (Å²) in [5, 5.41) is 0. The van der Waals surface area contributed by atoms with Crippen LogP contribution in [-0.2, 0) is 12.3 Å². The van der Waals surface area contributed by atoms with Gasteiger partial charge in [0.25, 0.3) is 0 Å². The second-order valence-corrected chi connectivity index (χ2v) is 8.71. The molecule has 2 aromatic carbocycles. The quantitative estimate of drug-likeness (QED) is 0.273. The van der Waals surface area contributed by atoms with Crippen molar-refractivity contribution in [1.29, 1.82) is 0 Å². The van der Waals surface area contributed by atoms with E-state index in [4.69, 9.17) is 0 Å². The van der Waals surface area contributed by atoms with E-state index in [0.29, 0.717) is 5.92 Å². The van der Waals surface area contributed by atoms with Crippen molar-refractivity contribution in [3.05, 3.63) is 64.7 Å². The Morgan fingerprint density at radius 3 is 1.94 bits per heavy atom. The molecule has 0 N–H and O–H groups in total. The maximum atomic E-state index is 14.5. The van der Waals surface area contributed by atoms with Crippen LogP contribution in [-0.4, -0.2) is 0 Å². The van der Waals surface area contributed by atoms with Crippen molar-refractivity contribution in [2.45, 2.75) is 76.5 Å². The summed E-state index contributed by atoms with van der Waals surface area (Å²) in [4.78, 5) is 0.